The third kappa shape index (κ3) is 3.65. The molecule has 0 aromatic rings. The van der Waals surface area contributed by atoms with E-state index in [2.05, 4.69) is 26.1 Å². The Morgan fingerprint density at radius 3 is 2.69 bits per heavy atom. The minimum absolute atomic E-state index is 0.490. The summed E-state index contributed by atoms with van der Waals surface area (Å²) < 4.78 is 5.10. The Morgan fingerprint density at radius 2 is 2.23 bits per heavy atom. The third-order valence-corrected chi connectivity index (χ3v) is 2.91. The van der Waals surface area contributed by atoms with Crippen LogP contribution < -0.4 is 5.32 Å². The van der Waals surface area contributed by atoms with Gasteiger partial charge in [-0.05, 0) is 31.6 Å². The minimum Gasteiger partial charge on any atom is -0.383 e. The molecular weight excluding hydrogens is 162 g/mol. The lowest BCUT2D eigenvalue weighted by Gasteiger charge is -2.21. The van der Waals surface area contributed by atoms with E-state index in [1.165, 1.54) is 19.3 Å². The van der Waals surface area contributed by atoms with E-state index in [1.807, 2.05) is 0 Å². The normalized spacial score (nSPS) is 29.1. The highest BCUT2D eigenvalue weighted by Crippen LogP contribution is 2.36. The number of methoxy groups -OCH3 is 1. The minimum atomic E-state index is 0.490. The van der Waals surface area contributed by atoms with Gasteiger partial charge >= 0.3 is 0 Å². The van der Waals surface area contributed by atoms with Crippen LogP contribution in [0.15, 0.2) is 0 Å². The second kappa shape index (κ2) is 4.43. The van der Waals surface area contributed by atoms with Gasteiger partial charge < -0.3 is 10.1 Å². The molecule has 0 aromatic heterocycles. The van der Waals surface area contributed by atoms with E-state index < -0.39 is 0 Å². The van der Waals surface area contributed by atoms with Crippen LogP contribution in [-0.2, 0) is 4.74 Å². The first-order valence-corrected chi connectivity index (χ1v) is 5.28. The molecule has 0 aliphatic heterocycles. The Labute approximate surface area is 82.0 Å². The summed E-state index contributed by atoms with van der Waals surface area (Å²) in [7, 11) is 1.76. The van der Waals surface area contributed by atoms with Crippen molar-refractivity contribution in [1.29, 1.82) is 0 Å². The lowest BCUT2D eigenvalue weighted by atomic mass is 9.92. The first-order chi connectivity index (χ1) is 6.03. The molecule has 0 amide bonds. The smallest absolute Gasteiger partial charge is 0.0613 e. The maximum absolute atomic E-state index is 5.10. The van der Waals surface area contributed by atoms with Crippen LogP contribution in [0.5, 0.6) is 0 Å². The summed E-state index contributed by atoms with van der Waals surface area (Å²) in [5, 5.41) is 3.61. The summed E-state index contributed by atoms with van der Waals surface area (Å²) in [5.74, 6) is 0. The molecule has 78 valence electrons. The Hall–Kier alpha value is -0.0800. The Bertz CT molecular complexity index is 156. The molecule has 1 aliphatic carbocycles. The molecule has 1 saturated carbocycles. The van der Waals surface area contributed by atoms with Crippen molar-refractivity contribution in [2.24, 2.45) is 5.41 Å². The van der Waals surface area contributed by atoms with Gasteiger partial charge in [0, 0.05) is 19.2 Å². The molecule has 1 fully saturated rings. The quantitative estimate of drug-likeness (QED) is 0.725. The van der Waals surface area contributed by atoms with Crippen molar-refractivity contribution in [2.45, 2.75) is 52.1 Å². The Balaban J connectivity index is 2.24. The van der Waals surface area contributed by atoms with Crippen LogP contribution in [-0.4, -0.2) is 25.8 Å². The molecule has 0 heterocycles. The summed E-state index contributed by atoms with van der Waals surface area (Å²) in [4.78, 5) is 0. The first-order valence-electron chi connectivity index (χ1n) is 5.28. The molecule has 2 nitrogen and oxygen atoms in total. The highest BCUT2D eigenvalue weighted by Gasteiger charge is 2.31. The largest absolute Gasteiger partial charge is 0.383 e. The van der Waals surface area contributed by atoms with Crippen LogP contribution in [0.4, 0.5) is 0 Å². The molecule has 0 spiro atoms. The summed E-state index contributed by atoms with van der Waals surface area (Å²) in [6.45, 7) is 7.72. The van der Waals surface area contributed by atoms with Gasteiger partial charge in [-0.3, -0.25) is 0 Å². The monoisotopic (exact) mass is 185 g/mol. The molecule has 2 heteroatoms. The van der Waals surface area contributed by atoms with Crippen LogP contribution in [0, 0.1) is 5.41 Å². The summed E-state index contributed by atoms with van der Waals surface area (Å²) in [6, 6.07) is 1.20. The maximum atomic E-state index is 5.10. The number of ether oxygens (including phenoxy) is 1. The summed E-state index contributed by atoms with van der Waals surface area (Å²) in [6.07, 6.45) is 3.98. The van der Waals surface area contributed by atoms with Crippen LogP contribution in [0.25, 0.3) is 0 Å². The topological polar surface area (TPSA) is 21.3 Å². The molecule has 2 unspecified atom stereocenters. The van der Waals surface area contributed by atoms with Crippen molar-refractivity contribution in [2.75, 3.05) is 13.7 Å². The van der Waals surface area contributed by atoms with E-state index in [0.29, 0.717) is 17.5 Å². The van der Waals surface area contributed by atoms with Gasteiger partial charge in [0.2, 0.25) is 0 Å². The fourth-order valence-electron chi connectivity index (χ4n) is 2.28. The van der Waals surface area contributed by atoms with Gasteiger partial charge in [0.15, 0.2) is 0 Å². The number of rotatable bonds is 4. The highest BCUT2D eigenvalue weighted by molar-refractivity contribution is 4.87. The number of nitrogens with one attached hydrogen (secondary N) is 1. The SMILES string of the molecule is COCC(C)NC1CCC(C)(C)C1. The van der Waals surface area contributed by atoms with Crippen molar-refractivity contribution in [3.8, 4) is 0 Å². The van der Waals surface area contributed by atoms with Gasteiger partial charge in [-0.15, -0.1) is 0 Å². The highest BCUT2D eigenvalue weighted by atomic mass is 16.5. The van der Waals surface area contributed by atoms with Crippen molar-refractivity contribution in [1.82, 2.24) is 5.32 Å². The standard InChI is InChI=1S/C11H23NO/c1-9(8-13-4)12-10-5-6-11(2,3)7-10/h9-10,12H,5-8H2,1-4H3. The lowest BCUT2D eigenvalue weighted by Crippen LogP contribution is -2.37. The second-order valence-corrected chi connectivity index (χ2v) is 5.13. The molecule has 2 atom stereocenters. The predicted octanol–water partition coefficient (Wildman–Crippen LogP) is 2.19. The van der Waals surface area contributed by atoms with Crippen molar-refractivity contribution in [3.63, 3.8) is 0 Å². The summed E-state index contributed by atoms with van der Waals surface area (Å²) in [5.41, 5.74) is 0.546. The van der Waals surface area contributed by atoms with Crippen molar-refractivity contribution in [3.05, 3.63) is 0 Å². The van der Waals surface area contributed by atoms with E-state index in [-0.39, 0.29) is 0 Å². The molecule has 0 radical (unpaired) electrons. The van der Waals surface area contributed by atoms with E-state index in [9.17, 15) is 0 Å². The van der Waals surface area contributed by atoms with Crippen molar-refractivity contribution >= 4 is 0 Å². The average molecular weight is 185 g/mol. The lowest BCUT2D eigenvalue weighted by molar-refractivity contribution is 0.165. The van der Waals surface area contributed by atoms with E-state index in [1.54, 1.807) is 7.11 Å². The summed E-state index contributed by atoms with van der Waals surface area (Å²) >= 11 is 0. The number of hydrogen-bond donors (Lipinski definition) is 1. The molecule has 13 heavy (non-hydrogen) atoms. The maximum Gasteiger partial charge on any atom is 0.0613 e. The molecule has 1 rings (SSSR count). The zero-order valence-electron chi connectivity index (χ0n) is 9.39. The zero-order valence-corrected chi connectivity index (χ0v) is 9.39. The van der Waals surface area contributed by atoms with Crippen LogP contribution in [0.3, 0.4) is 0 Å². The first kappa shape index (κ1) is 11.0. The Morgan fingerprint density at radius 1 is 1.54 bits per heavy atom. The predicted molar refractivity (Wildman–Crippen MR) is 55.9 cm³/mol. The Kier molecular flexibility index (Phi) is 3.74. The van der Waals surface area contributed by atoms with Gasteiger partial charge in [-0.25, -0.2) is 0 Å². The zero-order chi connectivity index (χ0) is 9.90. The molecule has 0 bridgehead atoms. The number of hydrogen-bond acceptors (Lipinski definition) is 2. The molecule has 0 aromatic carbocycles. The van der Waals surface area contributed by atoms with Gasteiger partial charge in [0.25, 0.3) is 0 Å². The fourth-order valence-corrected chi connectivity index (χ4v) is 2.28. The van der Waals surface area contributed by atoms with Gasteiger partial charge in [0.1, 0.15) is 0 Å². The van der Waals surface area contributed by atoms with E-state index >= 15 is 0 Å². The van der Waals surface area contributed by atoms with Gasteiger partial charge in [0.05, 0.1) is 6.61 Å². The van der Waals surface area contributed by atoms with E-state index in [4.69, 9.17) is 4.74 Å². The van der Waals surface area contributed by atoms with Gasteiger partial charge in [-0.1, -0.05) is 13.8 Å². The van der Waals surface area contributed by atoms with Gasteiger partial charge in [-0.2, -0.15) is 0 Å². The van der Waals surface area contributed by atoms with Crippen LogP contribution >= 0.6 is 0 Å². The van der Waals surface area contributed by atoms with Crippen LogP contribution in [0.1, 0.15) is 40.0 Å². The van der Waals surface area contributed by atoms with E-state index in [0.717, 1.165) is 6.61 Å². The molecule has 1 aliphatic rings. The van der Waals surface area contributed by atoms with Crippen LogP contribution in [0.2, 0.25) is 0 Å². The molecular formula is C11H23NO. The van der Waals surface area contributed by atoms with Crippen molar-refractivity contribution < 1.29 is 4.74 Å². The molecule has 1 N–H and O–H groups in total. The second-order valence-electron chi connectivity index (χ2n) is 5.13. The fraction of sp³-hybridized carbons (Fsp3) is 1.00. The average Bonchev–Trinajstić information content (AvgIpc) is 2.30. The third-order valence-electron chi connectivity index (χ3n) is 2.91. The molecule has 0 saturated heterocycles.